The summed E-state index contributed by atoms with van der Waals surface area (Å²) in [5.41, 5.74) is -0.877. The van der Waals surface area contributed by atoms with E-state index >= 15 is 4.79 Å². The molecule has 3 fully saturated rings. The van der Waals surface area contributed by atoms with Gasteiger partial charge < -0.3 is 34.5 Å². The van der Waals surface area contributed by atoms with Crippen LogP contribution in [0, 0.1) is 17.8 Å². The molecule has 3 aromatic rings. The number of aromatic nitrogens is 2. The van der Waals surface area contributed by atoms with E-state index in [2.05, 4.69) is 27.3 Å². The van der Waals surface area contributed by atoms with E-state index in [1.807, 2.05) is 37.3 Å². The third-order valence-corrected chi connectivity index (χ3v) is 15.0. The Morgan fingerprint density at radius 1 is 1.03 bits per heavy atom. The number of allylic oxidation sites excluding steroid dienone is 1. The predicted octanol–water partition coefficient (Wildman–Crippen LogP) is 6.57. The molecule has 63 heavy (non-hydrogen) atoms. The highest BCUT2D eigenvalue weighted by molar-refractivity contribution is 7.91. The maximum Gasteiger partial charge on any atom is 0.408 e. The van der Waals surface area contributed by atoms with Crippen LogP contribution in [0.15, 0.2) is 54.9 Å². The maximum absolute atomic E-state index is 15.1. The summed E-state index contributed by atoms with van der Waals surface area (Å²) in [5, 5.41) is 7.20. The van der Waals surface area contributed by atoms with Crippen molar-refractivity contribution in [1.82, 2.24) is 30.2 Å². The normalized spacial score (nSPS) is 27.7. The summed E-state index contributed by atoms with van der Waals surface area (Å²) in [5.74, 6) is -1.31. The highest BCUT2D eigenvalue weighted by atomic mass is 32.2. The fraction of sp³-hybridized carbons (Fsp3) is 0.565. The zero-order valence-corrected chi connectivity index (χ0v) is 38.2. The Morgan fingerprint density at radius 2 is 1.79 bits per heavy atom. The molecule has 2 aliphatic heterocycles. The number of rotatable bonds is 10. The highest BCUT2D eigenvalue weighted by Crippen LogP contribution is 2.48. The average molecular weight is 895 g/mol. The summed E-state index contributed by atoms with van der Waals surface area (Å²) in [7, 11) is -0.914. The lowest BCUT2D eigenvalue weighted by molar-refractivity contribution is -0.142. The molecule has 4 heterocycles. The molecule has 4 aliphatic rings. The number of carbonyl (C=O) groups excluding carboxylic acids is 4. The van der Waals surface area contributed by atoms with Gasteiger partial charge in [0.05, 0.1) is 25.5 Å². The Hall–Kier alpha value is -5.45. The van der Waals surface area contributed by atoms with Gasteiger partial charge in [0.15, 0.2) is 0 Å². The quantitative estimate of drug-likeness (QED) is 0.185. The van der Waals surface area contributed by atoms with Crippen LogP contribution < -0.4 is 29.6 Å². The van der Waals surface area contributed by atoms with Gasteiger partial charge in [0.2, 0.25) is 33.6 Å². The number of methoxy groups -OCH3 is 2. The second-order valence-corrected chi connectivity index (χ2v) is 21.0. The van der Waals surface area contributed by atoms with Gasteiger partial charge in [-0.2, -0.15) is 0 Å². The number of fused-ring (bicyclic) bond motifs is 3. The monoisotopic (exact) mass is 894 g/mol. The van der Waals surface area contributed by atoms with Gasteiger partial charge in [-0.05, 0) is 102 Å². The van der Waals surface area contributed by atoms with Gasteiger partial charge in [0.1, 0.15) is 35.1 Å². The van der Waals surface area contributed by atoms with Crippen LogP contribution in [0.1, 0.15) is 97.2 Å². The minimum atomic E-state index is -4.03. The fourth-order valence-electron chi connectivity index (χ4n) is 8.71. The van der Waals surface area contributed by atoms with E-state index in [0.717, 1.165) is 22.9 Å². The summed E-state index contributed by atoms with van der Waals surface area (Å²) in [4.78, 5) is 68.0. The van der Waals surface area contributed by atoms with Gasteiger partial charge in [0, 0.05) is 57.0 Å². The van der Waals surface area contributed by atoms with Crippen molar-refractivity contribution in [1.29, 1.82) is 0 Å². The molecule has 4 amide bonds. The summed E-state index contributed by atoms with van der Waals surface area (Å²) >= 11 is 0. The van der Waals surface area contributed by atoms with E-state index < -0.39 is 73.8 Å². The molecule has 1 aromatic carbocycles. The zero-order chi connectivity index (χ0) is 45.5. The molecule has 7 rings (SSSR count). The van der Waals surface area contributed by atoms with Crippen molar-refractivity contribution in [2.24, 2.45) is 17.8 Å². The van der Waals surface area contributed by atoms with Crippen LogP contribution in [-0.2, 0) is 29.1 Å². The third kappa shape index (κ3) is 9.72. The van der Waals surface area contributed by atoms with Crippen LogP contribution in [0.4, 0.5) is 4.79 Å². The fourth-order valence-corrected chi connectivity index (χ4v) is 10.0. The minimum Gasteiger partial charge on any atom is -0.497 e. The number of sulfonamides is 1. The molecule has 16 nitrogen and oxygen atoms in total. The Kier molecular flexibility index (Phi) is 12.7. The molecular weight excluding hydrogens is 829 g/mol. The number of ether oxygens (including phenoxy) is 4. The minimum absolute atomic E-state index is 0. The third-order valence-electron chi connectivity index (χ3n) is 12.9. The number of carbonyl (C=O) groups is 4. The Morgan fingerprint density at radius 3 is 2.44 bits per heavy atom. The summed E-state index contributed by atoms with van der Waals surface area (Å²) in [6.45, 7) is 10.8. The van der Waals surface area contributed by atoms with Gasteiger partial charge in [-0.25, -0.2) is 23.2 Å². The number of nitrogens with zero attached hydrogens (tertiary/aromatic N) is 3. The molecule has 2 aromatic heterocycles. The number of alkyl carbamates (subject to hydrolysis) is 1. The van der Waals surface area contributed by atoms with Gasteiger partial charge in [-0.1, -0.05) is 32.4 Å². The molecule has 346 valence electrons. The topological polar surface area (TPSA) is 204 Å². The van der Waals surface area contributed by atoms with Gasteiger partial charge in [0.25, 0.3) is 5.91 Å². The van der Waals surface area contributed by atoms with E-state index in [1.54, 1.807) is 66.4 Å². The molecule has 0 bridgehead atoms. The summed E-state index contributed by atoms with van der Waals surface area (Å²) in [6.07, 6.45) is 9.26. The number of amides is 4. The average Bonchev–Trinajstić information content (AvgIpc) is 4.12. The lowest BCUT2D eigenvalue weighted by Crippen LogP contribution is -2.59. The molecule has 1 saturated heterocycles. The SMILES string of the molecule is CC[C@@H]1C[C@H](C)CC/C=C\[C@@H]2C[C@@]2(C(=O)NS(=O)(=O)C2(C)CC2)NC(=O)[C@@H]2C[C@@H](Oc3ncc(-c4ccc(OC)nc4)c4cc(OC)ccc34)CN2C(=O)[C@H]1NC(=O)OC(C)(C)C.[HH].[HH].[HH]. The molecule has 3 N–H and O–H groups in total. The van der Waals surface area contributed by atoms with E-state index in [-0.39, 0.29) is 41.4 Å². The summed E-state index contributed by atoms with van der Waals surface area (Å²) < 4.78 is 51.0. The Labute approximate surface area is 373 Å². The van der Waals surface area contributed by atoms with Crippen molar-refractivity contribution in [3.05, 3.63) is 54.9 Å². The number of pyridine rings is 2. The molecular formula is C46H66N6O10S. The molecule has 0 radical (unpaired) electrons. The molecule has 2 saturated carbocycles. The number of hydrogen-bond acceptors (Lipinski definition) is 12. The number of hydrogen-bond donors (Lipinski definition) is 3. The van der Waals surface area contributed by atoms with E-state index in [1.165, 1.54) is 4.90 Å². The maximum atomic E-state index is 15.1. The smallest absolute Gasteiger partial charge is 0.408 e. The first kappa shape index (κ1) is 45.6. The van der Waals surface area contributed by atoms with E-state index in [9.17, 15) is 22.8 Å². The first-order valence-corrected chi connectivity index (χ1v) is 23.3. The molecule has 0 spiro atoms. The van der Waals surface area contributed by atoms with Gasteiger partial charge in [-0.3, -0.25) is 19.1 Å². The van der Waals surface area contributed by atoms with Crippen LogP contribution in [0.25, 0.3) is 21.9 Å². The van der Waals surface area contributed by atoms with Crippen molar-refractivity contribution in [3.8, 4) is 28.6 Å². The van der Waals surface area contributed by atoms with E-state index in [4.69, 9.17) is 23.9 Å². The van der Waals surface area contributed by atoms with Crippen molar-refractivity contribution < 1.29 is 50.8 Å². The van der Waals surface area contributed by atoms with Crippen molar-refractivity contribution in [2.45, 2.75) is 127 Å². The Balaban J connectivity index is 0.00000317. The van der Waals surface area contributed by atoms with Crippen LogP contribution in [0.5, 0.6) is 17.5 Å². The second kappa shape index (κ2) is 17.6. The molecule has 2 aliphatic carbocycles. The Bertz CT molecular complexity index is 2400. The van der Waals surface area contributed by atoms with Gasteiger partial charge >= 0.3 is 6.09 Å². The first-order valence-electron chi connectivity index (χ1n) is 21.8. The second-order valence-electron chi connectivity index (χ2n) is 18.8. The number of benzene rings is 1. The van der Waals surface area contributed by atoms with Crippen LogP contribution in [0.3, 0.4) is 0 Å². The number of nitrogens with one attached hydrogen (secondary N) is 3. The van der Waals surface area contributed by atoms with Crippen molar-refractivity contribution in [3.63, 3.8) is 0 Å². The van der Waals surface area contributed by atoms with Crippen LogP contribution in [0.2, 0.25) is 0 Å². The predicted molar refractivity (Wildman–Crippen MR) is 242 cm³/mol. The first-order chi connectivity index (χ1) is 29.8. The largest absolute Gasteiger partial charge is 0.497 e. The van der Waals surface area contributed by atoms with Gasteiger partial charge in [-0.15, -0.1) is 0 Å². The van der Waals surface area contributed by atoms with E-state index in [0.29, 0.717) is 49.1 Å². The van der Waals surface area contributed by atoms with Crippen molar-refractivity contribution in [2.75, 3.05) is 20.8 Å². The molecule has 17 heteroatoms. The lowest BCUT2D eigenvalue weighted by Gasteiger charge is -2.34. The molecule has 0 unspecified atom stereocenters. The molecule has 7 atom stereocenters. The summed E-state index contributed by atoms with van der Waals surface area (Å²) in [6, 6.07) is 6.87. The van der Waals surface area contributed by atoms with Crippen LogP contribution in [-0.4, -0.2) is 102 Å². The highest BCUT2D eigenvalue weighted by Gasteiger charge is 2.63. The lowest BCUT2D eigenvalue weighted by atomic mass is 9.85. The van der Waals surface area contributed by atoms with Crippen LogP contribution >= 0.6 is 0 Å². The van der Waals surface area contributed by atoms with Crippen molar-refractivity contribution >= 4 is 44.6 Å². The zero-order valence-electron chi connectivity index (χ0n) is 37.4. The standard InChI is InChI=1S/C46H60N6O10S.3H2/c1-9-28-20-27(2)12-10-11-13-30-23-46(30,42(55)51-63(57,58)45(6)18-19-45)50-39(53)36-22-32(26-52(36)41(54)38(28)49-43(56)62-44(3,4)5)61-40-33-16-15-31(59-7)21-34(33)35(25-48-40)29-14-17-37(60-8)47-24-29;;;/h11,13-17,21,24-25,27-28,30,32,36,38H,9-10,12,18-20,22-23,26H2,1-8H3,(H,49,56)(H,50,53)(H,51,55);3*1H/b13-11-;;;/t27-,28-,30-,32-,36+,38+,46-;;;/m1.../s1.